The Hall–Kier alpha value is -2.93. The smallest absolute Gasteiger partial charge is 0.272 e. The van der Waals surface area contributed by atoms with Gasteiger partial charge in [0.25, 0.3) is 5.91 Å². The van der Waals surface area contributed by atoms with Crippen LogP contribution < -0.4 is 10.6 Å². The Bertz CT molecular complexity index is 766. The molecule has 0 bridgehead atoms. The van der Waals surface area contributed by atoms with Gasteiger partial charge in [-0.2, -0.15) is 0 Å². The van der Waals surface area contributed by atoms with E-state index in [1.807, 2.05) is 35.2 Å². The Balaban J connectivity index is 1.60. The van der Waals surface area contributed by atoms with Crippen LogP contribution in [0.15, 0.2) is 42.6 Å². The highest BCUT2D eigenvalue weighted by molar-refractivity contribution is 5.92. The summed E-state index contributed by atoms with van der Waals surface area (Å²) in [5, 5.41) is 5.95. The molecule has 2 aromatic rings. The van der Waals surface area contributed by atoms with E-state index in [2.05, 4.69) is 27.6 Å². The van der Waals surface area contributed by atoms with E-state index in [-0.39, 0.29) is 11.8 Å². The van der Waals surface area contributed by atoms with Crippen LogP contribution in [0.25, 0.3) is 0 Å². The third-order valence-electron chi connectivity index (χ3n) is 4.27. The third kappa shape index (κ3) is 4.58. The molecule has 1 aromatic carbocycles. The second kappa shape index (κ2) is 7.97. The summed E-state index contributed by atoms with van der Waals surface area (Å²) >= 11 is 0. The normalized spacial score (nSPS) is 14.8. The fraction of sp³-hybridized carbons (Fsp3) is 0.316. The zero-order valence-electron chi connectivity index (χ0n) is 15.0. The summed E-state index contributed by atoms with van der Waals surface area (Å²) < 4.78 is 0. The van der Waals surface area contributed by atoms with Crippen molar-refractivity contribution in [3.05, 3.63) is 48.3 Å². The quantitative estimate of drug-likeness (QED) is 0.881. The van der Waals surface area contributed by atoms with Crippen LogP contribution in [0.3, 0.4) is 0 Å². The van der Waals surface area contributed by atoms with Crippen molar-refractivity contribution in [1.82, 2.24) is 14.8 Å². The molecule has 1 aromatic heterocycles. The maximum absolute atomic E-state index is 12.5. The van der Waals surface area contributed by atoms with E-state index < -0.39 is 0 Å². The van der Waals surface area contributed by atoms with E-state index in [9.17, 15) is 9.59 Å². The van der Waals surface area contributed by atoms with Crippen LogP contribution >= 0.6 is 0 Å². The van der Waals surface area contributed by atoms with Gasteiger partial charge in [-0.05, 0) is 43.4 Å². The number of nitrogens with one attached hydrogen (secondary N) is 2. The molecule has 2 N–H and O–H groups in total. The number of anilines is 3. The van der Waals surface area contributed by atoms with E-state index in [1.165, 1.54) is 6.92 Å². The van der Waals surface area contributed by atoms with E-state index in [1.54, 1.807) is 12.3 Å². The molecule has 0 atom stereocenters. The summed E-state index contributed by atoms with van der Waals surface area (Å²) in [7, 11) is 2.06. The highest BCUT2D eigenvalue weighted by Crippen LogP contribution is 2.19. The first-order valence-corrected chi connectivity index (χ1v) is 8.60. The summed E-state index contributed by atoms with van der Waals surface area (Å²) in [6.07, 6.45) is 1.66. The van der Waals surface area contributed by atoms with E-state index in [4.69, 9.17) is 0 Å². The lowest BCUT2D eigenvalue weighted by atomic mass is 10.2. The Morgan fingerprint density at radius 2 is 1.54 bits per heavy atom. The summed E-state index contributed by atoms with van der Waals surface area (Å²) in [6, 6.07) is 11.0. The van der Waals surface area contributed by atoms with Crippen molar-refractivity contribution in [2.75, 3.05) is 43.9 Å². The van der Waals surface area contributed by atoms with Crippen molar-refractivity contribution < 1.29 is 9.59 Å². The molecule has 0 saturated carbocycles. The van der Waals surface area contributed by atoms with Gasteiger partial charge in [-0.1, -0.05) is 0 Å². The lowest BCUT2D eigenvalue weighted by Gasteiger charge is -2.32. The van der Waals surface area contributed by atoms with Crippen molar-refractivity contribution in [3.8, 4) is 0 Å². The van der Waals surface area contributed by atoms with Crippen LogP contribution in [0, 0.1) is 0 Å². The lowest BCUT2D eigenvalue weighted by Crippen LogP contribution is -2.47. The highest BCUT2D eigenvalue weighted by Gasteiger charge is 2.21. The number of hydrogen-bond acceptors (Lipinski definition) is 5. The molecule has 7 heteroatoms. The minimum atomic E-state index is -0.101. The molecule has 0 aliphatic carbocycles. The van der Waals surface area contributed by atoms with Gasteiger partial charge in [0, 0.05) is 44.5 Å². The molecule has 1 aliphatic heterocycles. The van der Waals surface area contributed by atoms with Crippen LogP contribution in [-0.4, -0.2) is 59.8 Å². The van der Waals surface area contributed by atoms with Crippen molar-refractivity contribution in [1.29, 1.82) is 0 Å². The first-order valence-electron chi connectivity index (χ1n) is 8.60. The topological polar surface area (TPSA) is 77.6 Å². The molecule has 1 saturated heterocycles. The number of benzene rings is 1. The minimum absolute atomic E-state index is 0.0238. The average Bonchev–Trinajstić information content (AvgIpc) is 2.64. The highest BCUT2D eigenvalue weighted by atomic mass is 16.2. The fourth-order valence-electron chi connectivity index (χ4n) is 2.77. The average molecular weight is 353 g/mol. The summed E-state index contributed by atoms with van der Waals surface area (Å²) in [5.74, 6) is -0.125. The number of carbonyl (C=O) groups excluding carboxylic acids is 2. The molecule has 7 nitrogen and oxygen atoms in total. The minimum Gasteiger partial charge on any atom is -0.354 e. The fourth-order valence-corrected chi connectivity index (χ4v) is 2.77. The standard InChI is InChI=1S/C19H23N5O2/c1-14(25)21-15-3-5-16(6-4-15)22-17-7-8-18(20-13-17)19(26)24-11-9-23(2)10-12-24/h3-8,13,22H,9-12H2,1-2H3,(H,21,25). The molecule has 0 unspecified atom stereocenters. The number of rotatable bonds is 4. The zero-order valence-corrected chi connectivity index (χ0v) is 15.0. The van der Waals surface area contributed by atoms with Gasteiger partial charge in [0.15, 0.2) is 0 Å². The Morgan fingerprint density at radius 1 is 0.923 bits per heavy atom. The van der Waals surface area contributed by atoms with Gasteiger partial charge in [-0.3, -0.25) is 9.59 Å². The second-order valence-corrected chi connectivity index (χ2v) is 6.41. The van der Waals surface area contributed by atoms with Crippen molar-refractivity contribution in [2.24, 2.45) is 0 Å². The first kappa shape index (κ1) is 17.9. The molecule has 0 spiro atoms. The van der Waals surface area contributed by atoms with Crippen LogP contribution in [0.5, 0.6) is 0 Å². The maximum Gasteiger partial charge on any atom is 0.272 e. The predicted molar refractivity (Wildman–Crippen MR) is 102 cm³/mol. The van der Waals surface area contributed by atoms with Crippen LogP contribution in [0.2, 0.25) is 0 Å². The van der Waals surface area contributed by atoms with Crippen molar-refractivity contribution in [3.63, 3.8) is 0 Å². The van der Waals surface area contributed by atoms with Gasteiger partial charge >= 0.3 is 0 Å². The van der Waals surface area contributed by atoms with Gasteiger partial charge in [-0.25, -0.2) is 4.98 Å². The van der Waals surface area contributed by atoms with Gasteiger partial charge in [0.2, 0.25) is 5.91 Å². The maximum atomic E-state index is 12.5. The van der Waals surface area contributed by atoms with E-state index in [0.717, 1.165) is 43.2 Å². The third-order valence-corrected chi connectivity index (χ3v) is 4.27. The summed E-state index contributed by atoms with van der Waals surface area (Å²) in [4.78, 5) is 31.9. The lowest BCUT2D eigenvalue weighted by molar-refractivity contribution is -0.114. The Labute approximate surface area is 153 Å². The monoisotopic (exact) mass is 353 g/mol. The molecule has 2 amide bonds. The summed E-state index contributed by atoms with van der Waals surface area (Å²) in [6.45, 7) is 4.72. The van der Waals surface area contributed by atoms with E-state index in [0.29, 0.717) is 5.69 Å². The van der Waals surface area contributed by atoms with Crippen LogP contribution in [-0.2, 0) is 4.79 Å². The number of piperazine rings is 1. The molecule has 3 rings (SSSR count). The molecule has 136 valence electrons. The van der Waals surface area contributed by atoms with Gasteiger partial charge < -0.3 is 20.4 Å². The zero-order chi connectivity index (χ0) is 18.5. The predicted octanol–water partition coefficient (Wildman–Crippen LogP) is 2.17. The number of nitrogens with zero attached hydrogens (tertiary/aromatic N) is 3. The molecular weight excluding hydrogens is 330 g/mol. The second-order valence-electron chi connectivity index (χ2n) is 6.41. The molecule has 2 heterocycles. The number of aromatic nitrogens is 1. The molecule has 1 aliphatic rings. The Kier molecular flexibility index (Phi) is 5.48. The number of carbonyl (C=O) groups is 2. The van der Waals surface area contributed by atoms with Crippen molar-refractivity contribution >= 4 is 28.9 Å². The number of amides is 2. The molecule has 0 radical (unpaired) electrons. The van der Waals surface area contributed by atoms with Gasteiger partial charge in [-0.15, -0.1) is 0 Å². The van der Waals surface area contributed by atoms with E-state index >= 15 is 0 Å². The van der Waals surface area contributed by atoms with Gasteiger partial charge in [0.1, 0.15) is 5.69 Å². The van der Waals surface area contributed by atoms with Crippen LogP contribution in [0.1, 0.15) is 17.4 Å². The number of pyridine rings is 1. The largest absolute Gasteiger partial charge is 0.354 e. The molecule has 1 fully saturated rings. The first-order chi connectivity index (χ1) is 12.5. The molecule has 26 heavy (non-hydrogen) atoms. The number of likely N-dealkylation sites (N-methyl/N-ethyl adjacent to an activating group) is 1. The molecular formula is C19H23N5O2. The Morgan fingerprint density at radius 3 is 2.12 bits per heavy atom. The van der Waals surface area contributed by atoms with Crippen LogP contribution in [0.4, 0.5) is 17.1 Å². The number of hydrogen-bond donors (Lipinski definition) is 2. The van der Waals surface area contributed by atoms with Crippen molar-refractivity contribution in [2.45, 2.75) is 6.92 Å². The van der Waals surface area contributed by atoms with Gasteiger partial charge in [0.05, 0.1) is 11.9 Å². The summed E-state index contributed by atoms with van der Waals surface area (Å²) in [5.41, 5.74) is 2.88. The SMILES string of the molecule is CC(=O)Nc1ccc(Nc2ccc(C(=O)N3CCN(C)CC3)nc2)cc1.